The number of amidine groups is 1. The van der Waals surface area contributed by atoms with Gasteiger partial charge in [-0.25, -0.2) is 13.6 Å². The number of hydrazone groups is 1. The third-order valence-corrected chi connectivity index (χ3v) is 4.80. The third kappa shape index (κ3) is 5.03. The first-order chi connectivity index (χ1) is 12.6. The molecular formula is C17H21N5O4S. The van der Waals surface area contributed by atoms with E-state index in [9.17, 15) is 13.2 Å². The third-order valence-electron chi connectivity index (χ3n) is 3.85. The Labute approximate surface area is 157 Å². The van der Waals surface area contributed by atoms with Crippen LogP contribution < -0.4 is 16.7 Å². The summed E-state index contributed by atoms with van der Waals surface area (Å²) in [7, 11) is -2.33. The molecule has 0 heterocycles. The van der Waals surface area contributed by atoms with Gasteiger partial charge >= 0.3 is 5.97 Å². The van der Waals surface area contributed by atoms with E-state index in [0.717, 1.165) is 5.56 Å². The summed E-state index contributed by atoms with van der Waals surface area (Å²) < 4.78 is 23.8. The molecule has 10 heteroatoms. The first-order valence-corrected chi connectivity index (χ1v) is 9.37. The minimum atomic E-state index is -4.03. The van der Waals surface area contributed by atoms with Crippen molar-refractivity contribution in [2.24, 2.45) is 21.8 Å². The quantitative estimate of drug-likeness (QED) is 0.225. The number of sulfonamides is 1. The first-order valence-electron chi connectivity index (χ1n) is 7.82. The van der Waals surface area contributed by atoms with Crippen LogP contribution >= 0.6 is 0 Å². The van der Waals surface area contributed by atoms with E-state index in [1.54, 1.807) is 36.2 Å². The van der Waals surface area contributed by atoms with Crippen molar-refractivity contribution in [3.05, 3.63) is 53.6 Å². The van der Waals surface area contributed by atoms with Crippen LogP contribution in [0.5, 0.6) is 0 Å². The number of aliphatic carboxylic acids is 1. The number of hydrogen-bond acceptors (Lipinski definition) is 6. The van der Waals surface area contributed by atoms with E-state index in [4.69, 9.17) is 21.8 Å². The number of carboxylic acid groups (broad SMARTS) is 1. The maximum absolute atomic E-state index is 11.9. The molecule has 0 bridgehead atoms. The highest BCUT2D eigenvalue weighted by molar-refractivity contribution is 7.89. The summed E-state index contributed by atoms with van der Waals surface area (Å²) in [5.74, 6) is 4.20. The van der Waals surface area contributed by atoms with Crippen LogP contribution in [0.15, 0.2) is 52.5 Å². The Bertz CT molecular complexity index is 971. The molecule has 27 heavy (non-hydrogen) atoms. The fourth-order valence-corrected chi connectivity index (χ4v) is 3.49. The molecule has 144 valence electrons. The molecule has 0 atom stereocenters. The lowest BCUT2D eigenvalue weighted by atomic mass is 9.98. The Kier molecular flexibility index (Phi) is 6.16. The van der Waals surface area contributed by atoms with Crippen LogP contribution in [0, 0.1) is 0 Å². The molecule has 0 aliphatic heterocycles. The topological polar surface area (TPSA) is 165 Å². The monoisotopic (exact) mass is 391 g/mol. The van der Waals surface area contributed by atoms with Crippen molar-refractivity contribution in [1.29, 1.82) is 0 Å². The number of carbonyl (C=O) groups is 1. The van der Waals surface area contributed by atoms with E-state index < -0.39 is 16.0 Å². The molecule has 2 aromatic rings. The summed E-state index contributed by atoms with van der Waals surface area (Å²) >= 11 is 0. The lowest BCUT2D eigenvalue weighted by Crippen LogP contribution is -2.25. The van der Waals surface area contributed by atoms with Crippen LogP contribution in [0.3, 0.4) is 0 Å². The molecule has 0 saturated heterocycles. The van der Waals surface area contributed by atoms with Gasteiger partial charge in [-0.2, -0.15) is 5.10 Å². The molecule has 0 spiro atoms. The van der Waals surface area contributed by atoms with Gasteiger partial charge in [-0.3, -0.25) is 9.69 Å². The number of rotatable bonds is 7. The summed E-state index contributed by atoms with van der Waals surface area (Å²) in [5.41, 5.74) is 8.05. The molecule has 2 aromatic carbocycles. The Morgan fingerprint density at radius 1 is 1.19 bits per heavy atom. The second-order valence-corrected chi connectivity index (χ2v) is 7.53. The van der Waals surface area contributed by atoms with E-state index in [2.05, 4.69) is 5.10 Å². The molecule has 0 aliphatic carbocycles. The van der Waals surface area contributed by atoms with Crippen LogP contribution in [-0.4, -0.2) is 43.8 Å². The average molecular weight is 391 g/mol. The zero-order chi connectivity index (χ0) is 20.2. The van der Waals surface area contributed by atoms with Gasteiger partial charge in [0, 0.05) is 12.1 Å². The highest BCUT2D eigenvalue weighted by Crippen LogP contribution is 2.28. The zero-order valence-electron chi connectivity index (χ0n) is 14.7. The summed E-state index contributed by atoms with van der Waals surface area (Å²) in [6.07, 6.45) is 0. The van der Waals surface area contributed by atoms with Crippen molar-refractivity contribution in [2.75, 3.05) is 13.6 Å². The van der Waals surface area contributed by atoms with Gasteiger partial charge in [-0.15, -0.1) is 0 Å². The largest absolute Gasteiger partial charge is 0.480 e. The second kappa shape index (κ2) is 8.16. The molecular weight excluding hydrogens is 370 g/mol. The van der Waals surface area contributed by atoms with E-state index in [0.29, 0.717) is 17.7 Å². The van der Waals surface area contributed by atoms with Gasteiger partial charge < -0.3 is 16.7 Å². The molecule has 0 amide bonds. The van der Waals surface area contributed by atoms with E-state index >= 15 is 0 Å². The minimum Gasteiger partial charge on any atom is -0.480 e. The van der Waals surface area contributed by atoms with Crippen molar-refractivity contribution < 1.29 is 18.3 Å². The standard InChI is InChI=1S/C17H21N5O4S/c1-22(10-15(23)24)9-11-5-7-12(8-6-11)13-3-2-4-14(27(20,25)26)16(13)17(18)21-19/h2-8H,9-10,19H2,1H3,(H2,18,21)(H,23,24)(H2,20,25,26). The lowest BCUT2D eigenvalue weighted by molar-refractivity contribution is -0.138. The number of nitrogens with two attached hydrogens (primary N) is 3. The highest BCUT2D eigenvalue weighted by Gasteiger charge is 2.20. The van der Waals surface area contributed by atoms with Crippen molar-refractivity contribution in [2.45, 2.75) is 11.4 Å². The van der Waals surface area contributed by atoms with Gasteiger partial charge in [0.05, 0.1) is 11.4 Å². The first kappa shape index (κ1) is 20.4. The predicted octanol–water partition coefficient (Wildman–Crippen LogP) is 0.0964. The van der Waals surface area contributed by atoms with Crippen molar-refractivity contribution in [3.63, 3.8) is 0 Å². The number of hydrogen-bond donors (Lipinski definition) is 4. The molecule has 0 fully saturated rings. The molecule has 0 aliphatic rings. The fourth-order valence-electron chi connectivity index (χ4n) is 2.73. The van der Waals surface area contributed by atoms with Crippen molar-refractivity contribution in [1.82, 2.24) is 4.90 Å². The Morgan fingerprint density at radius 3 is 2.33 bits per heavy atom. The van der Waals surface area contributed by atoms with Gasteiger partial charge in [0.2, 0.25) is 10.0 Å². The number of primary sulfonamides is 1. The summed E-state index contributed by atoms with van der Waals surface area (Å²) in [4.78, 5) is 12.2. The smallest absolute Gasteiger partial charge is 0.317 e. The van der Waals surface area contributed by atoms with Crippen LogP contribution in [0.4, 0.5) is 0 Å². The van der Waals surface area contributed by atoms with Gasteiger partial charge in [0.25, 0.3) is 0 Å². The normalized spacial score (nSPS) is 12.3. The van der Waals surface area contributed by atoms with E-state index in [1.165, 1.54) is 6.07 Å². The number of benzene rings is 2. The van der Waals surface area contributed by atoms with Gasteiger partial charge in [0.1, 0.15) is 0 Å². The fraction of sp³-hybridized carbons (Fsp3) is 0.176. The maximum Gasteiger partial charge on any atom is 0.317 e. The highest BCUT2D eigenvalue weighted by atomic mass is 32.2. The van der Waals surface area contributed by atoms with Gasteiger partial charge in [-0.1, -0.05) is 36.4 Å². The Morgan fingerprint density at radius 2 is 1.81 bits per heavy atom. The predicted molar refractivity (Wildman–Crippen MR) is 102 cm³/mol. The van der Waals surface area contributed by atoms with Crippen molar-refractivity contribution in [3.8, 4) is 11.1 Å². The lowest BCUT2D eigenvalue weighted by Gasteiger charge is -2.15. The Balaban J connectivity index is 2.45. The van der Waals surface area contributed by atoms with E-state index in [-0.39, 0.29) is 22.8 Å². The summed E-state index contributed by atoms with van der Waals surface area (Å²) in [6.45, 7) is 0.370. The van der Waals surface area contributed by atoms with Crippen LogP contribution in [0.1, 0.15) is 11.1 Å². The molecule has 0 saturated carbocycles. The molecule has 0 unspecified atom stereocenters. The Hall–Kier alpha value is -2.95. The number of nitrogens with zero attached hydrogens (tertiary/aromatic N) is 2. The van der Waals surface area contributed by atoms with Crippen molar-refractivity contribution >= 4 is 21.8 Å². The zero-order valence-corrected chi connectivity index (χ0v) is 15.5. The van der Waals surface area contributed by atoms with Crippen LogP contribution in [0.2, 0.25) is 0 Å². The van der Waals surface area contributed by atoms with E-state index in [1.807, 2.05) is 12.1 Å². The number of carboxylic acids is 1. The molecule has 0 aromatic heterocycles. The maximum atomic E-state index is 11.9. The summed E-state index contributed by atoms with van der Waals surface area (Å²) in [6, 6.07) is 11.8. The minimum absolute atomic E-state index is 0.0776. The summed E-state index contributed by atoms with van der Waals surface area (Å²) in [5, 5.41) is 17.5. The number of likely N-dealkylation sites (N-methyl/N-ethyl adjacent to an activating group) is 1. The molecule has 0 radical (unpaired) electrons. The molecule has 2 rings (SSSR count). The SMILES string of the molecule is CN(CC(=O)O)Cc1ccc(-c2cccc(S(N)(=O)=O)c2C(N)=NN)cc1. The van der Waals surface area contributed by atoms with Gasteiger partial charge in [-0.05, 0) is 29.8 Å². The van der Waals surface area contributed by atoms with Gasteiger partial charge in [0.15, 0.2) is 5.84 Å². The second-order valence-electron chi connectivity index (χ2n) is 6.00. The van der Waals surface area contributed by atoms with Crippen LogP contribution in [0.25, 0.3) is 11.1 Å². The van der Waals surface area contributed by atoms with Crippen LogP contribution in [-0.2, 0) is 21.4 Å². The molecule has 7 N–H and O–H groups in total. The average Bonchev–Trinajstić information content (AvgIpc) is 2.59. The molecule has 9 nitrogen and oxygen atoms in total.